The Kier molecular flexibility index (Phi) is 4.59. The summed E-state index contributed by atoms with van der Waals surface area (Å²) >= 11 is 0. The Morgan fingerprint density at radius 2 is 2.00 bits per heavy atom. The first kappa shape index (κ1) is 17.5. The number of aryl methyl sites for hydroxylation is 2. The minimum Gasteiger partial charge on any atom is -0.508 e. The molecule has 1 atom stereocenters. The average molecular weight is 338 g/mol. The van der Waals surface area contributed by atoms with Crippen molar-refractivity contribution in [2.24, 2.45) is 0 Å². The van der Waals surface area contributed by atoms with Crippen LogP contribution in [0.3, 0.4) is 0 Å². The van der Waals surface area contributed by atoms with Crippen LogP contribution in [0.4, 0.5) is 0 Å². The van der Waals surface area contributed by atoms with Gasteiger partial charge in [0, 0.05) is 6.42 Å². The Morgan fingerprint density at radius 1 is 1.24 bits per heavy atom. The van der Waals surface area contributed by atoms with E-state index in [4.69, 9.17) is 4.74 Å². The zero-order valence-electron chi connectivity index (χ0n) is 15.4. The summed E-state index contributed by atoms with van der Waals surface area (Å²) in [6.45, 7) is 8.18. The molecule has 1 aliphatic rings. The van der Waals surface area contributed by atoms with E-state index in [2.05, 4.69) is 26.8 Å². The first-order chi connectivity index (χ1) is 11.8. The van der Waals surface area contributed by atoms with Crippen LogP contribution >= 0.6 is 0 Å². The van der Waals surface area contributed by atoms with E-state index in [0.717, 1.165) is 28.9 Å². The number of phenolic OH excluding ortho intramolecular Hbond substituents is 1. The van der Waals surface area contributed by atoms with Gasteiger partial charge in [0.15, 0.2) is 11.9 Å². The minimum absolute atomic E-state index is 0.0665. The predicted octanol–water partition coefficient (Wildman–Crippen LogP) is 4.50. The van der Waals surface area contributed by atoms with Crippen LogP contribution in [0, 0.1) is 6.92 Å². The highest BCUT2D eigenvalue weighted by Gasteiger charge is 2.27. The second-order valence-electron chi connectivity index (χ2n) is 7.95. The monoisotopic (exact) mass is 338 g/mol. The molecule has 0 amide bonds. The molecular weight excluding hydrogens is 312 g/mol. The third kappa shape index (κ3) is 3.71. The van der Waals surface area contributed by atoms with Gasteiger partial charge in [0.05, 0.1) is 0 Å². The summed E-state index contributed by atoms with van der Waals surface area (Å²) in [7, 11) is 0. The lowest BCUT2D eigenvalue weighted by Crippen LogP contribution is -2.32. The summed E-state index contributed by atoms with van der Waals surface area (Å²) in [5.41, 5.74) is 3.84. The first-order valence-electron chi connectivity index (χ1n) is 8.86. The summed E-state index contributed by atoms with van der Waals surface area (Å²) in [6.07, 6.45) is 1.45. The maximum Gasteiger partial charge on any atom is 0.177 e. The molecule has 0 spiro atoms. The number of carbonyl (C=O) groups is 1. The molecular formula is C22H26O3. The van der Waals surface area contributed by atoms with Gasteiger partial charge in [-0.2, -0.15) is 0 Å². The summed E-state index contributed by atoms with van der Waals surface area (Å²) in [5, 5.41) is 10.3. The quantitative estimate of drug-likeness (QED) is 0.896. The number of fused-ring (bicyclic) bond motifs is 1. The van der Waals surface area contributed by atoms with Gasteiger partial charge in [-0.3, -0.25) is 4.79 Å². The highest BCUT2D eigenvalue weighted by atomic mass is 16.5. The molecule has 0 aliphatic carbocycles. The second kappa shape index (κ2) is 6.55. The number of ketones is 1. The fourth-order valence-corrected chi connectivity index (χ4v) is 3.43. The SMILES string of the molecule is Cc1cccc2c1OC(C(=O)Cc1ccc(C(C)(C)C)c(O)c1)CC2. The van der Waals surface area contributed by atoms with Crippen molar-refractivity contribution < 1.29 is 14.6 Å². The number of benzene rings is 2. The van der Waals surface area contributed by atoms with E-state index in [1.807, 2.05) is 31.2 Å². The molecule has 0 radical (unpaired) electrons. The molecule has 0 saturated carbocycles. The fraction of sp³-hybridized carbons (Fsp3) is 0.409. The van der Waals surface area contributed by atoms with E-state index in [-0.39, 0.29) is 23.4 Å². The van der Waals surface area contributed by atoms with Crippen molar-refractivity contribution in [1.82, 2.24) is 0 Å². The van der Waals surface area contributed by atoms with Crippen LogP contribution in [0.2, 0.25) is 0 Å². The van der Waals surface area contributed by atoms with Crippen molar-refractivity contribution in [1.29, 1.82) is 0 Å². The van der Waals surface area contributed by atoms with E-state index in [9.17, 15) is 9.90 Å². The van der Waals surface area contributed by atoms with Gasteiger partial charge in [-0.1, -0.05) is 51.1 Å². The molecule has 1 aliphatic heterocycles. The number of hydrogen-bond acceptors (Lipinski definition) is 3. The van der Waals surface area contributed by atoms with Crippen LogP contribution in [0.25, 0.3) is 0 Å². The Labute approximate surface area is 149 Å². The van der Waals surface area contributed by atoms with Gasteiger partial charge in [0.2, 0.25) is 0 Å². The van der Waals surface area contributed by atoms with E-state index in [1.165, 1.54) is 5.56 Å². The van der Waals surface area contributed by atoms with E-state index in [0.29, 0.717) is 6.42 Å². The highest BCUT2D eigenvalue weighted by molar-refractivity contribution is 5.86. The minimum atomic E-state index is -0.405. The van der Waals surface area contributed by atoms with Gasteiger partial charge in [0.1, 0.15) is 11.5 Å². The summed E-state index contributed by atoms with van der Waals surface area (Å²) in [4.78, 5) is 12.7. The van der Waals surface area contributed by atoms with Crippen molar-refractivity contribution in [3.05, 3.63) is 58.7 Å². The first-order valence-corrected chi connectivity index (χ1v) is 8.86. The molecule has 0 saturated heterocycles. The molecule has 1 unspecified atom stereocenters. The number of carbonyl (C=O) groups excluding carboxylic acids is 1. The van der Waals surface area contributed by atoms with Crippen LogP contribution in [-0.2, 0) is 23.1 Å². The van der Waals surface area contributed by atoms with E-state index < -0.39 is 6.10 Å². The predicted molar refractivity (Wildman–Crippen MR) is 99.4 cm³/mol. The second-order valence-corrected chi connectivity index (χ2v) is 7.95. The highest BCUT2D eigenvalue weighted by Crippen LogP contribution is 2.33. The molecule has 2 aromatic carbocycles. The largest absolute Gasteiger partial charge is 0.508 e. The van der Waals surface area contributed by atoms with Crippen molar-refractivity contribution in [3.8, 4) is 11.5 Å². The molecule has 3 heteroatoms. The standard InChI is InChI=1S/C22H26O3/c1-14-6-5-7-16-9-11-20(25-21(14)16)19(24)13-15-8-10-17(18(23)12-15)22(2,3)4/h5-8,10,12,20,23H,9,11,13H2,1-4H3. The van der Waals surface area contributed by atoms with Gasteiger partial charge in [0.25, 0.3) is 0 Å². The van der Waals surface area contributed by atoms with Gasteiger partial charge in [-0.05, 0) is 53.5 Å². The van der Waals surface area contributed by atoms with Crippen molar-refractivity contribution in [3.63, 3.8) is 0 Å². The molecule has 0 fully saturated rings. The number of para-hydroxylation sites is 1. The van der Waals surface area contributed by atoms with Crippen LogP contribution in [0.5, 0.6) is 11.5 Å². The van der Waals surface area contributed by atoms with Crippen LogP contribution in [-0.4, -0.2) is 17.0 Å². The number of phenols is 1. The maximum atomic E-state index is 12.7. The van der Waals surface area contributed by atoms with Crippen molar-refractivity contribution >= 4 is 5.78 Å². The summed E-state index contributed by atoms with van der Waals surface area (Å²) in [5.74, 6) is 1.18. The number of aromatic hydroxyl groups is 1. The number of ether oxygens (including phenoxy) is 1. The van der Waals surface area contributed by atoms with E-state index in [1.54, 1.807) is 6.07 Å². The normalized spacial score (nSPS) is 16.9. The Hall–Kier alpha value is -2.29. The van der Waals surface area contributed by atoms with Crippen molar-refractivity contribution in [2.75, 3.05) is 0 Å². The summed E-state index contributed by atoms with van der Waals surface area (Å²) < 4.78 is 5.99. The third-order valence-electron chi connectivity index (χ3n) is 4.84. The smallest absolute Gasteiger partial charge is 0.177 e. The topological polar surface area (TPSA) is 46.5 Å². The fourth-order valence-electron chi connectivity index (χ4n) is 3.43. The number of Topliss-reactive ketones (excluding diaryl/α,β-unsaturated/α-hetero) is 1. The average Bonchev–Trinajstić information content (AvgIpc) is 2.53. The Balaban J connectivity index is 1.73. The Morgan fingerprint density at radius 3 is 2.68 bits per heavy atom. The van der Waals surface area contributed by atoms with Crippen LogP contribution in [0.1, 0.15) is 49.4 Å². The van der Waals surface area contributed by atoms with Gasteiger partial charge in [-0.15, -0.1) is 0 Å². The summed E-state index contributed by atoms with van der Waals surface area (Å²) in [6, 6.07) is 11.7. The molecule has 25 heavy (non-hydrogen) atoms. The van der Waals surface area contributed by atoms with E-state index >= 15 is 0 Å². The molecule has 0 aromatic heterocycles. The molecule has 1 N–H and O–H groups in total. The zero-order valence-corrected chi connectivity index (χ0v) is 15.4. The lowest BCUT2D eigenvalue weighted by molar-refractivity contribution is -0.125. The lowest BCUT2D eigenvalue weighted by Gasteiger charge is -2.26. The molecule has 3 rings (SSSR count). The number of hydrogen-bond donors (Lipinski definition) is 1. The van der Waals surface area contributed by atoms with Gasteiger partial charge >= 0.3 is 0 Å². The molecule has 3 nitrogen and oxygen atoms in total. The third-order valence-corrected chi connectivity index (χ3v) is 4.84. The van der Waals surface area contributed by atoms with Crippen LogP contribution < -0.4 is 4.74 Å². The Bertz CT molecular complexity index is 799. The van der Waals surface area contributed by atoms with Crippen molar-refractivity contribution in [2.45, 2.75) is 58.5 Å². The van der Waals surface area contributed by atoms with Gasteiger partial charge in [-0.25, -0.2) is 0 Å². The number of rotatable bonds is 3. The van der Waals surface area contributed by atoms with Gasteiger partial charge < -0.3 is 9.84 Å². The lowest BCUT2D eigenvalue weighted by atomic mass is 9.85. The molecule has 2 aromatic rings. The molecule has 0 bridgehead atoms. The van der Waals surface area contributed by atoms with Crippen LogP contribution in [0.15, 0.2) is 36.4 Å². The zero-order chi connectivity index (χ0) is 18.2. The molecule has 1 heterocycles. The maximum absolute atomic E-state index is 12.7. The molecule has 132 valence electrons.